The van der Waals surface area contributed by atoms with Gasteiger partial charge in [-0.3, -0.25) is 14.6 Å². The molecule has 0 bridgehead atoms. The second-order valence-corrected chi connectivity index (χ2v) is 7.73. The Balaban J connectivity index is 1.80. The number of hydrogen-bond acceptors (Lipinski definition) is 4. The predicted molar refractivity (Wildman–Crippen MR) is 123 cm³/mol. The lowest BCUT2D eigenvalue weighted by molar-refractivity contribution is -0.117. The zero-order valence-corrected chi connectivity index (χ0v) is 18.2. The van der Waals surface area contributed by atoms with Crippen molar-refractivity contribution in [1.82, 2.24) is 10.3 Å². The zero-order chi connectivity index (χ0) is 22.8. The fourth-order valence-corrected chi connectivity index (χ4v) is 3.56. The molecule has 7 nitrogen and oxygen atoms in total. The van der Waals surface area contributed by atoms with Crippen LogP contribution in [-0.2, 0) is 11.3 Å². The minimum absolute atomic E-state index is 0.0139. The number of rotatable bonds is 5. The van der Waals surface area contributed by atoms with Crippen LogP contribution in [0.2, 0.25) is 5.02 Å². The van der Waals surface area contributed by atoms with Gasteiger partial charge in [0.05, 0.1) is 35.3 Å². The second-order valence-electron chi connectivity index (χ2n) is 7.30. The van der Waals surface area contributed by atoms with Crippen molar-refractivity contribution in [3.05, 3.63) is 77.2 Å². The molecule has 0 saturated heterocycles. The van der Waals surface area contributed by atoms with Crippen LogP contribution in [0.1, 0.15) is 12.6 Å². The Labute approximate surface area is 189 Å². The van der Waals surface area contributed by atoms with Gasteiger partial charge in [0.2, 0.25) is 5.91 Å². The summed E-state index contributed by atoms with van der Waals surface area (Å²) in [5, 5.41) is 5.93. The first kappa shape index (κ1) is 21.7. The third kappa shape index (κ3) is 4.15. The second kappa shape index (κ2) is 8.94. The van der Waals surface area contributed by atoms with Gasteiger partial charge in [-0.2, -0.15) is 0 Å². The molecule has 1 aliphatic rings. The van der Waals surface area contributed by atoms with Gasteiger partial charge in [0.1, 0.15) is 11.6 Å². The van der Waals surface area contributed by atoms with E-state index in [-0.39, 0.29) is 18.1 Å². The standard InChI is InChI=1S/C23H21ClFN5O2/c1-14(26-2)22(31)28-21-11-10-19-18(27-21)13-29(20-12-15(24)8-9-17(20)25)23(32)30(19)16-6-4-3-5-7-16/h3-12,14,26H,13H2,1-2H3,(H,27,28,31). The first-order chi connectivity index (χ1) is 15.4. The molecule has 3 amide bonds. The molecule has 0 saturated carbocycles. The third-order valence-corrected chi connectivity index (χ3v) is 5.45. The molecule has 1 aromatic heterocycles. The molecule has 0 spiro atoms. The average Bonchev–Trinajstić information content (AvgIpc) is 2.80. The zero-order valence-electron chi connectivity index (χ0n) is 17.5. The summed E-state index contributed by atoms with van der Waals surface area (Å²) in [4.78, 5) is 33.1. The van der Waals surface area contributed by atoms with E-state index in [0.29, 0.717) is 27.9 Å². The highest BCUT2D eigenvalue weighted by atomic mass is 35.5. The molecule has 4 rings (SSSR count). The number of para-hydroxylation sites is 1. The van der Waals surface area contributed by atoms with Gasteiger partial charge >= 0.3 is 6.03 Å². The van der Waals surface area contributed by atoms with Crippen molar-refractivity contribution >= 4 is 46.4 Å². The Kier molecular flexibility index (Phi) is 6.07. The van der Waals surface area contributed by atoms with Crippen LogP contribution in [0, 0.1) is 5.82 Å². The topological polar surface area (TPSA) is 77.6 Å². The highest BCUT2D eigenvalue weighted by Gasteiger charge is 2.35. The summed E-state index contributed by atoms with van der Waals surface area (Å²) in [6.07, 6.45) is 0. The summed E-state index contributed by atoms with van der Waals surface area (Å²) in [6, 6.07) is 15.6. The van der Waals surface area contributed by atoms with Crippen molar-refractivity contribution in [1.29, 1.82) is 0 Å². The Bertz CT molecular complexity index is 1170. The van der Waals surface area contributed by atoms with Crippen LogP contribution >= 0.6 is 11.6 Å². The van der Waals surface area contributed by atoms with Crippen LogP contribution in [0.15, 0.2) is 60.7 Å². The van der Waals surface area contributed by atoms with E-state index in [1.54, 1.807) is 38.2 Å². The lowest BCUT2D eigenvalue weighted by atomic mass is 10.1. The molecule has 1 unspecified atom stereocenters. The number of urea groups is 1. The molecule has 0 fully saturated rings. The van der Waals surface area contributed by atoms with Gasteiger partial charge in [-0.15, -0.1) is 0 Å². The van der Waals surface area contributed by atoms with Crippen LogP contribution in [0.5, 0.6) is 0 Å². The molecule has 32 heavy (non-hydrogen) atoms. The number of halogens is 2. The number of pyridine rings is 1. The first-order valence-electron chi connectivity index (χ1n) is 9.99. The van der Waals surface area contributed by atoms with Crippen molar-refractivity contribution in [3.63, 3.8) is 0 Å². The van der Waals surface area contributed by atoms with Crippen molar-refractivity contribution in [2.24, 2.45) is 0 Å². The number of carbonyl (C=O) groups is 2. The summed E-state index contributed by atoms with van der Waals surface area (Å²) >= 11 is 6.08. The van der Waals surface area contributed by atoms with E-state index in [1.807, 2.05) is 18.2 Å². The quantitative estimate of drug-likeness (QED) is 0.587. The van der Waals surface area contributed by atoms with Gasteiger partial charge in [0.25, 0.3) is 0 Å². The Morgan fingerprint density at radius 2 is 1.88 bits per heavy atom. The summed E-state index contributed by atoms with van der Waals surface area (Å²) < 4.78 is 14.7. The molecular formula is C23H21ClFN5O2. The van der Waals surface area contributed by atoms with E-state index in [1.165, 1.54) is 28.0 Å². The van der Waals surface area contributed by atoms with Crippen molar-refractivity contribution < 1.29 is 14.0 Å². The van der Waals surface area contributed by atoms with E-state index in [2.05, 4.69) is 15.6 Å². The highest BCUT2D eigenvalue weighted by molar-refractivity contribution is 6.31. The van der Waals surface area contributed by atoms with Gasteiger partial charge in [-0.25, -0.2) is 14.2 Å². The van der Waals surface area contributed by atoms with Gasteiger partial charge in [-0.05, 0) is 56.4 Å². The van der Waals surface area contributed by atoms with Gasteiger partial charge in [0, 0.05) is 5.02 Å². The van der Waals surface area contributed by atoms with E-state index in [0.717, 1.165) is 0 Å². The van der Waals surface area contributed by atoms with Crippen molar-refractivity contribution in [2.75, 3.05) is 22.2 Å². The molecule has 0 aliphatic carbocycles. The Morgan fingerprint density at radius 1 is 1.12 bits per heavy atom. The number of nitrogens with zero attached hydrogens (tertiary/aromatic N) is 3. The normalized spacial score (nSPS) is 14.2. The van der Waals surface area contributed by atoms with E-state index in [4.69, 9.17) is 11.6 Å². The number of carbonyl (C=O) groups excluding carboxylic acids is 2. The Hall–Kier alpha value is -3.49. The van der Waals surface area contributed by atoms with E-state index >= 15 is 0 Å². The lowest BCUT2D eigenvalue weighted by Crippen LogP contribution is -2.45. The average molecular weight is 454 g/mol. The van der Waals surface area contributed by atoms with Crippen molar-refractivity contribution in [2.45, 2.75) is 19.5 Å². The van der Waals surface area contributed by atoms with Crippen molar-refractivity contribution in [3.8, 4) is 0 Å². The largest absolute Gasteiger partial charge is 0.334 e. The number of benzene rings is 2. The SMILES string of the molecule is CNC(C)C(=O)Nc1ccc2c(n1)CN(c1cc(Cl)ccc1F)C(=O)N2c1ccccc1. The minimum atomic E-state index is -0.577. The molecule has 0 radical (unpaired) electrons. The van der Waals surface area contributed by atoms with Crippen LogP contribution in [0.4, 0.5) is 32.1 Å². The molecule has 9 heteroatoms. The third-order valence-electron chi connectivity index (χ3n) is 5.21. The fourth-order valence-electron chi connectivity index (χ4n) is 3.40. The summed E-state index contributed by atoms with van der Waals surface area (Å²) in [6.45, 7) is 1.74. The maximum Gasteiger partial charge on any atom is 0.334 e. The summed E-state index contributed by atoms with van der Waals surface area (Å²) in [5.74, 6) is -0.485. The number of likely N-dealkylation sites (N-methyl/N-ethyl adjacent to an activating group) is 1. The molecule has 3 aromatic rings. The molecule has 2 aromatic carbocycles. The van der Waals surface area contributed by atoms with E-state index in [9.17, 15) is 14.0 Å². The molecule has 1 aliphatic heterocycles. The molecule has 1 atom stereocenters. The molecule has 2 N–H and O–H groups in total. The number of anilines is 4. The maximum atomic E-state index is 14.7. The van der Waals surface area contributed by atoms with Crippen LogP contribution in [0.3, 0.4) is 0 Å². The smallest absolute Gasteiger partial charge is 0.309 e. The molecular weight excluding hydrogens is 433 g/mol. The first-order valence-corrected chi connectivity index (χ1v) is 10.4. The Morgan fingerprint density at radius 3 is 2.59 bits per heavy atom. The monoisotopic (exact) mass is 453 g/mol. The molecule has 164 valence electrons. The van der Waals surface area contributed by atoms with Gasteiger partial charge in [0.15, 0.2) is 0 Å². The van der Waals surface area contributed by atoms with Gasteiger partial charge < -0.3 is 10.6 Å². The number of fused-ring (bicyclic) bond motifs is 1. The summed E-state index contributed by atoms with van der Waals surface area (Å²) in [7, 11) is 1.69. The maximum absolute atomic E-state index is 14.7. The number of aromatic nitrogens is 1. The highest BCUT2D eigenvalue weighted by Crippen LogP contribution is 2.38. The molecule has 2 heterocycles. The number of nitrogens with one attached hydrogen (secondary N) is 2. The fraction of sp³-hybridized carbons (Fsp3) is 0.174. The number of hydrogen-bond donors (Lipinski definition) is 2. The van der Waals surface area contributed by atoms with Crippen LogP contribution in [-0.4, -0.2) is 30.0 Å². The van der Waals surface area contributed by atoms with Crippen LogP contribution < -0.4 is 20.4 Å². The number of amides is 3. The minimum Gasteiger partial charge on any atom is -0.309 e. The van der Waals surface area contributed by atoms with Gasteiger partial charge in [-0.1, -0.05) is 29.8 Å². The van der Waals surface area contributed by atoms with Crippen LogP contribution in [0.25, 0.3) is 0 Å². The lowest BCUT2D eigenvalue weighted by Gasteiger charge is -2.36. The predicted octanol–water partition coefficient (Wildman–Crippen LogP) is 4.70. The summed E-state index contributed by atoms with van der Waals surface area (Å²) in [5.41, 5.74) is 1.71. The van der Waals surface area contributed by atoms with E-state index < -0.39 is 17.9 Å².